The van der Waals surface area contributed by atoms with E-state index in [1.54, 1.807) is 24.5 Å². The third-order valence-electron chi connectivity index (χ3n) is 4.45. The van der Waals surface area contributed by atoms with Crippen molar-refractivity contribution < 1.29 is 18.7 Å². The van der Waals surface area contributed by atoms with Gasteiger partial charge in [-0.2, -0.15) is 0 Å². The SMILES string of the molecule is O=C(O)C1CCCN(C(c2ccncc2)c2ccc(F)cc2F)C1. The van der Waals surface area contributed by atoms with Crippen molar-refractivity contribution in [1.82, 2.24) is 9.88 Å². The van der Waals surface area contributed by atoms with Crippen LogP contribution in [0.2, 0.25) is 0 Å². The van der Waals surface area contributed by atoms with Crippen LogP contribution in [-0.4, -0.2) is 34.0 Å². The number of carbonyl (C=O) groups is 1. The van der Waals surface area contributed by atoms with Gasteiger partial charge in [0.1, 0.15) is 11.6 Å². The molecule has 1 N–H and O–H groups in total. The van der Waals surface area contributed by atoms with Gasteiger partial charge in [0, 0.05) is 30.6 Å². The summed E-state index contributed by atoms with van der Waals surface area (Å²) < 4.78 is 27.7. The van der Waals surface area contributed by atoms with E-state index in [4.69, 9.17) is 0 Å². The van der Waals surface area contributed by atoms with Crippen LogP contribution >= 0.6 is 0 Å². The molecule has 1 aliphatic heterocycles. The van der Waals surface area contributed by atoms with E-state index in [2.05, 4.69) is 4.98 Å². The lowest BCUT2D eigenvalue weighted by atomic mass is 9.91. The Labute approximate surface area is 138 Å². The molecule has 1 aromatic carbocycles. The summed E-state index contributed by atoms with van der Waals surface area (Å²) in [6.45, 7) is 0.993. The summed E-state index contributed by atoms with van der Waals surface area (Å²) in [5, 5.41) is 9.31. The molecule has 2 unspecified atom stereocenters. The molecule has 0 spiro atoms. The Bertz CT molecular complexity index is 724. The van der Waals surface area contributed by atoms with Crippen LogP contribution in [0.1, 0.15) is 30.0 Å². The van der Waals surface area contributed by atoms with E-state index in [1.165, 1.54) is 12.1 Å². The van der Waals surface area contributed by atoms with E-state index in [-0.39, 0.29) is 0 Å². The summed E-state index contributed by atoms with van der Waals surface area (Å²) in [4.78, 5) is 17.3. The number of aromatic nitrogens is 1. The van der Waals surface area contributed by atoms with E-state index in [0.29, 0.717) is 25.1 Å². The number of rotatable bonds is 4. The molecule has 1 fully saturated rings. The topological polar surface area (TPSA) is 53.4 Å². The van der Waals surface area contributed by atoms with Crippen molar-refractivity contribution in [3.8, 4) is 0 Å². The van der Waals surface area contributed by atoms with E-state index >= 15 is 0 Å². The third-order valence-corrected chi connectivity index (χ3v) is 4.45. The van der Waals surface area contributed by atoms with Gasteiger partial charge in [0.15, 0.2) is 0 Å². The number of likely N-dealkylation sites (tertiary alicyclic amines) is 1. The maximum atomic E-state index is 14.4. The van der Waals surface area contributed by atoms with Crippen LogP contribution in [0, 0.1) is 17.6 Å². The summed E-state index contributed by atoms with van der Waals surface area (Å²) in [5.74, 6) is -2.58. The zero-order chi connectivity index (χ0) is 17.1. The first-order valence-electron chi connectivity index (χ1n) is 7.88. The highest BCUT2D eigenvalue weighted by Crippen LogP contribution is 2.33. The molecule has 1 aromatic heterocycles. The van der Waals surface area contributed by atoms with E-state index < -0.39 is 29.6 Å². The minimum Gasteiger partial charge on any atom is -0.481 e. The van der Waals surface area contributed by atoms with Gasteiger partial charge in [-0.3, -0.25) is 14.7 Å². The first kappa shape index (κ1) is 16.5. The van der Waals surface area contributed by atoms with E-state index in [1.807, 2.05) is 4.90 Å². The maximum Gasteiger partial charge on any atom is 0.307 e. The van der Waals surface area contributed by atoms with Crippen LogP contribution in [0.3, 0.4) is 0 Å². The second-order valence-corrected chi connectivity index (χ2v) is 6.02. The molecule has 0 radical (unpaired) electrons. The van der Waals surface area contributed by atoms with Crippen molar-refractivity contribution in [2.75, 3.05) is 13.1 Å². The van der Waals surface area contributed by atoms with E-state index in [9.17, 15) is 18.7 Å². The van der Waals surface area contributed by atoms with Crippen molar-refractivity contribution in [2.45, 2.75) is 18.9 Å². The monoisotopic (exact) mass is 332 g/mol. The molecule has 126 valence electrons. The molecular weight excluding hydrogens is 314 g/mol. The molecule has 3 rings (SSSR count). The molecule has 0 bridgehead atoms. The number of benzene rings is 1. The van der Waals surface area contributed by atoms with Gasteiger partial charge >= 0.3 is 5.97 Å². The van der Waals surface area contributed by atoms with Crippen LogP contribution < -0.4 is 0 Å². The number of carboxylic acids is 1. The predicted octanol–water partition coefficient (Wildman–Crippen LogP) is 3.25. The molecule has 0 amide bonds. The number of piperidine rings is 1. The zero-order valence-electron chi connectivity index (χ0n) is 13.0. The molecular formula is C18H18F2N2O2. The number of halogens is 2. The van der Waals surface area contributed by atoms with Crippen molar-refractivity contribution >= 4 is 5.97 Å². The Morgan fingerprint density at radius 1 is 1.25 bits per heavy atom. The number of hydrogen-bond acceptors (Lipinski definition) is 3. The molecule has 1 saturated heterocycles. The molecule has 0 aliphatic carbocycles. The number of nitrogens with zero attached hydrogens (tertiary/aromatic N) is 2. The van der Waals surface area contributed by atoms with Crippen LogP contribution in [0.25, 0.3) is 0 Å². The van der Waals surface area contributed by atoms with Crippen molar-refractivity contribution in [1.29, 1.82) is 0 Å². The smallest absolute Gasteiger partial charge is 0.307 e. The van der Waals surface area contributed by atoms with Gasteiger partial charge in [0.25, 0.3) is 0 Å². The maximum absolute atomic E-state index is 14.4. The first-order chi connectivity index (χ1) is 11.6. The lowest BCUT2D eigenvalue weighted by Crippen LogP contribution is -2.41. The van der Waals surface area contributed by atoms with Crippen molar-refractivity contribution in [2.24, 2.45) is 5.92 Å². The first-order valence-corrected chi connectivity index (χ1v) is 7.88. The van der Waals surface area contributed by atoms with Gasteiger partial charge in [0.2, 0.25) is 0 Å². The fourth-order valence-electron chi connectivity index (χ4n) is 3.30. The Hall–Kier alpha value is -2.34. The number of aliphatic carboxylic acids is 1. The average molecular weight is 332 g/mol. The van der Waals surface area contributed by atoms with Crippen molar-refractivity contribution in [3.05, 3.63) is 65.5 Å². The fraction of sp³-hybridized carbons (Fsp3) is 0.333. The Morgan fingerprint density at radius 3 is 2.67 bits per heavy atom. The summed E-state index contributed by atoms with van der Waals surface area (Å²) in [6, 6.07) is 6.61. The second kappa shape index (κ2) is 7.05. The van der Waals surface area contributed by atoms with Crippen LogP contribution in [-0.2, 0) is 4.79 Å². The quantitative estimate of drug-likeness (QED) is 0.934. The lowest BCUT2D eigenvalue weighted by molar-refractivity contribution is -0.143. The summed E-state index contributed by atoms with van der Waals surface area (Å²) in [6.07, 6.45) is 4.56. The van der Waals surface area contributed by atoms with Gasteiger partial charge < -0.3 is 5.11 Å². The Kier molecular flexibility index (Phi) is 4.85. The largest absolute Gasteiger partial charge is 0.481 e. The Balaban J connectivity index is 2.01. The van der Waals surface area contributed by atoms with Gasteiger partial charge in [-0.15, -0.1) is 0 Å². The highest BCUT2D eigenvalue weighted by atomic mass is 19.1. The van der Waals surface area contributed by atoms with E-state index in [0.717, 1.165) is 18.1 Å². The fourth-order valence-corrected chi connectivity index (χ4v) is 3.30. The van der Waals surface area contributed by atoms with Gasteiger partial charge in [0.05, 0.1) is 12.0 Å². The zero-order valence-corrected chi connectivity index (χ0v) is 13.0. The number of pyridine rings is 1. The normalized spacial score (nSPS) is 19.8. The molecule has 2 heterocycles. The molecule has 1 aliphatic rings. The second-order valence-electron chi connectivity index (χ2n) is 6.02. The molecule has 2 atom stereocenters. The minimum absolute atomic E-state index is 0.332. The molecule has 4 nitrogen and oxygen atoms in total. The van der Waals surface area contributed by atoms with Gasteiger partial charge in [-0.1, -0.05) is 6.07 Å². The van der Waals surface area contributed by atoms with Gasteiger partial charge in [-0.05, 0) is 43.1 Å². The Morgan fingerprint density at radius 2 is 2.00 bits per heavy atom. The lowest BCUT2D eigenvalue weighted by Gasteiger charge is -2.37. The molecule has 6 heteroatoms. The summed E-state index contributed by atoms with van der Waals surface area (Å²) in [5.41, 5.74) is 1.15. The van der Waals surface area contributed by atoms with Crippen molar-refractivity contribution in [3.63, 3.8) is 0 Å². The summed E-state index contributed by atoms with van der Waals surface area (Å²) in [7, 11) is 0. The van der Waals surface area contributed by atoms with Crippen LogP contribution in [0.15, 0.2) is 42.7 Å². The molecule has 24 heavy (non-hydrogen) atoms. The third kappa shape index (κ3) is 3.43. The van der Waals surface area contributed by atoms with Crippen LogP contribution in [0.5, 0.6) is 0 Å². The highest BCUT2D eigenvalue weighted by Gasteiger charge is 2.32. The number of hydrogen-bond donors (Lipinski definition) is 1. The summed E-state index contributed by atoms with van der Waals surface area (Å²) >= 11 is 0. The molecule has 2 aromatic rings. The molecule has 0 saturated carbocycles. The number of carboxylic acid groups (broad SMARTS) is 1. The van der Waals surface area contributed by atoms with Gasteiger partial charge in [-0.25, -0.2) is 8.78 Å². The minimum atomic E-state index is -0.840. The standard InChI is InChI=1S/C18H18F2N2O2/c19-14-3-4-15(16(20)10-14)17(12-5-7-21-8-6-12)22-9-1-2-13(11-22)18(23)24/h3-8,10,13,17H,1-2,9,11H2,(H,23,24). The van der Waals surface area contributed by atoms with Crippen LogP contribution in [0.4, 0.5) is 8.78 Å². The highest BCUT2D eigenvalue weighted by molar-refractivity contribution is 5.70. The average Bonchev–Trinajstić information content (AvgIpc) is 2.58. The predicted molar refractivity (Wildman–Crippen MR) is 84.4 cm³/mol.